The highest BCUT2D eigenvalue weighted by atomic mass is 32.1. The van der Waals surface area contributed by atoms with Crippen LogP contribution in [0.15, 0.2) is 24.3 Å². The number of amides is 1. The van der Waals surface area contributed by atoms with Crippen molar-refractivity contribution in [3.63, 3.8) is 0 Å². The van der Waals surface area contributed by atoms with Gasteiger partial charge in [-0.15, -0.1) is 0 Å². The van der Waals surface area contributed by atoms with Crippen LogP contribution in [-0.2, 0) is 6.18 Å². The van der Waals surface area contributed by atoms with Gasteiger partial charge in [0, 0.05) is 0 Å². The van der Waals surface area contributed by atoms with E-state index in [2.05, 4.69) is 5.32 Å². The highest BCUT2D eigenvalue weighted by Gasteiger charge is 2.36. The van der Waals surface area contributed by atoms with E-state index in [4.69, 9.17) is 18.0 Å². The molecule has 19 heavy (non-hydrogen) atoms. The van der Waals surface area contributed by atoms with Gasteiger partial charge in [0.1, 0.15) is 0 Å². The van der Waals surface area contributed by atoms with E-state index in [9.17, 15) is 18.0 Å². The molecule has 0 saturated carbocycles. The van der Waals surface area contributed by atoms with Gasteiger partial charge in [-0.05, 0) is 26.0 Å². The first kappa shape index (κ1) is 15.4. The third-order valence-electron chi connectivity index (χ3n) is 2.52. The molecule has 1 amide bonds. The number of benzene rings is 1. The summed E-state index contributed by atoms with van der Waals surface area (Å²) in [5.74, 6) is -0.870. The number of rotatable bonds is 3. The number of halogens is 3. The van der Waals surface area contributed by atoms with Crippen LogP contribution >= 0.6 is 12.2 Å². The van der Waals surface area contributed by atoms with Crippen molar-refractivity contribution in [2.45, 2.75) is 25.6 Å². The molecule has 0 spiro atoms. The molecule has 3 N–H and O–H groups in total. The van der Waals surface area contributed by atoms with E-state index in [1.54, 1.807) is 0 Å². The highest BCUT2D eigenvalue weighted by molar-refractivity contribution is 7.80. The molecule has 0 aliphatic rings. The Kier molecular flexibility index (Phi) is 4.19. The molecule has 104 valence electrons. The van der Waals surface area contributed by atoms with Crippen LogP contribution in [0.25, 0.3) is 0 Å². The molecule has 0 bridgehead atoms. The Bertz CT molecular complexity index is 512. The minimum Gasteiger partial charge on any atom is -0.391 e. The molecule has 0 radical (unpaired) electrons. The Hall–Kier alpha value is -1.63. The van der Waals surface area contributed by atoms with Crippen LogP contribution in [0.3, 0.4) is 0 Å². The summed E-state index contributed by atoms with van der Waals surface area (Å²) in [6.07, 6.45) is -4.60. The molecule has 0 unspecified atom stereocenters. The molecular formula is C12H13F3N2OS. The molecular weight excluding hydrogens is 277 g/mol. The maximum absolute atomic E-state index is 12.8. The van der Waals surface area contributed by atoms with E-state index in [1.165, 1.54) is 26.0 Å². The van der Waals surface area contributed by atoms with E-state index >= 15 is 0 Å². The molecule has 7 heteroatoms. The van der Waals surface area contributed by atoms with Gasteiger partial charge in [-0.3, -0.25) is 4.79 Å². The Morgan fingerprint density at radius 3 is 2.26 bits per heavy atom. The van der Waals surface area contributed by atoms with Gasteiger partial charge >= 0.3 is 6.18 Å². The average molecular weight is 290 g/mol. The van der Waals surface area contributed by atoms with Gasteiger partial charge in [0.05, 0.1) is 21.7 Å². The summed E-state index contributed by atoms with van der Waals surface area (Å²) in [7, 11) is 0. The summed E-state index contributed by atoms with van der Waals surface area (Å²) in [6.45, 7) is 3.03. The molecule has 0 fully saturated rings. The summed E-state index contributed by atoms with van der Waals surface area (Å²) in [5, 5.41) is 2.38. The number of hydrogen-bond donors (Lipinski definition) is 2. The van der Waals surface area contributed by atoms with Crippen molar-refractivity contribution in [1.29, 1.82) is 0 Å². The van der Waals surface area contributed by atoms with Crippen LogP contribution in [0.1, 0.15) is 29.8 Å². The number of nitrogens with two attached hydrogens (primary N) is 1. The highest BCUT2D eigenvalue weighted by Crippen LogP contribution is 2.31. The maximum atomic E-state index is 12.8. The van der Waals surface area contributed by atoms with Crippen LogP contribution < -0.4 is 11.1 Å². The third-order valence-corrected chi connectivity index (χ3v) is 3.03. The van der Waals surface area contributed by atoms with E-state index in [-0.39, 0.29) is 4.99 Å². The molecule has 1 aromatic carbocycles. The van der Waals surface area contributed by atoms with E-state index in [0.29, 0.717) is 0 Å². The molecule has 0 atom stereocenters. The lowest BCUT2D eigenvalue weighted by Crippen LogP contribution is -2.52. The summed E-state index contributed by atoms with van der Waals surface area (Å²) in [6, 6.07) is 4.53. The van der Waals surface area contributed by atoms with Gasteiger partial charge in [-0.25, -0.2) is 0 Å². The summed E-state index contributed by atoms with van der Waals surface area (Å²) in [4.78, 5) is 11.9. The first-order chi connectivity index (χ1) is 8.55. The normalized spacial score (nSPS) is 12.1. The largest absolute Gasteiger partial charge is 0.417 e. The Morgan fingerprint density at radius 1 is 1.26 bits per heavy atom. The molecule has 0 heterocycles. The van der Waals surface area contributed by atoms with Crippen molar-refractivity contribution < 1.29 is 18.0 Å². The van der Waals surface area contributed by atoms with Crippen LogP contribution in [0.4, 0.5) is 13.2 Å². The zero-order chi connectivity index (χ0) is 14.8. The van der Waals surface area contributed by atoms with Crippen LogP contribution in [0.2, 0.25) is 0 Å². The Morgan fingerprint density at radius 2 is 1.79 bits per heavy atom. The van der Waals surface area contributed by atoms with Gasteiger partial charge in [-0.1, -0.05) is 24.4 Å². The smallest absolute Gasteiger partial charge is 0.391 e. The van der Waals surface area contributed by atoms with Crippen molar-refractivity contribution in [1.82, 2.24) is 5.32 Å². The molecule has 0 aliphatic heterocycles. The van der Waals surface area contributed by atoms with Crippen molar-refractivity contribution in [2.75, 3.05) is 0 Å². The zero-order valence-electron chi connectivity index (χ0n) is 10.3. The molecule has 1 aromatic rings. The second kappa shape index (κ2) is 5.16. The quantitative estimate of drug-likeness (QED) is 0.841. The summed E-state index contributed by atoms with van der Waals surface area (Å²) < 4.78 is 38.3. The number of nitrogens with one attached hydrogen (secondary N) is 1. The monoisotopic (exact) mass is 290 g/mol. The van der Waals surface area contributed by atoms with Crippen molar-refractivity contribution in [2.24, 2.45) is 5.73 Å². The third kappa shape index (κ3) is 3.66. The zero-order valence-corrected chi connectivity index (χ0v) is 11.2. The first-order valence-corrected chi connectivity index (χ1v) is 5.75. The summed E-state index contributed by atoms with van der Waals surface area (Å²) >= 11 is 4.75. The molecule has 3 nitrogen and oxygen atoms in total. The molecule has 1 rings (SSSR count). The number of alkyl halides is 3. The second-order valence-electron chi connectivity index (χ2n) is 4.49. The van der Waals surface area contributed by atoms with E-state index in [1.807, 2.05) is 0 Å². The van der Waals surface area contributed by atoms with Crippen molar-refractivity contribution in [3.8, 4) is 0 Å². The minimum absolute atomic E-state index is 0.00894. The van der Waals surface area contributed by atoms with Crippen LogP contribution in [0.5, 0.6) is 0 Å². The van der Waals surface area contributed by atoms with Crippen LogP contribution in [-0.4, -0.2) is 16.4 Å². The lowest BCUT2D eigenvalue weighted by Gasteiger charge is -2.25. The number of hydrogen-bond acceptors (Lipinski definition) is 2. The van der Waals surface area contributed by atoms with E-state index in [0.717, 1.165) is 12.1 Å². The molecule has 0 saturated heterocycles. The fraction of sp³-hybridized carbons (Fsp3) is 0.333. The summed E-state index contributed by atoms with van der Waals surface area (Å²) in [5.41, 5.74) is 2.90. The Labute approximate surface area is 114 Å². The predicted molar refractivity (Wildman–Crippen MR) is 69.8 cm³/mol. The molecule has 0 aliphatic carbocycles. The topological polar surface area (TPSA) is 55.1 Å². The predicted octanol–water partition coefficient (Wildman–Crippen LogP) is 2.50. The van der Waals surface area contributed by atoms with Gasteiger partial charge in [0.15, 0.2) is 0 Å². The van der Waals surface area contributed by atoms with Gasteiger partial charge in [-0.2, -0.15) is 13.2 Å². The number of carbonyl (C=O) groups is 1. The van der Waals surface area contributed by atoms with Gasteiger partial charge < -0.3 is 11.1 Å². The maximum Gasteiger partial charge on any atom is 0.417 e. The first-order valence-electron chi connectivity index (χ1n) is 5.34. The second-order valence-corrected chi connectivity index (χ2v) is 4.93. The standard InChI is InChI=1S/C12H13F3N2OS/c1-11(2,10(16)19)17-9(18)7-5-3-4-6-8(7)12(13,14)15/h3-6H,1-2H3,(H2,16,19)(H,17,18). The van der Waals surface area contributed by atoms with E-state index < -0.39 is 28.7 Å². The average Bonchev–Trinajstić information content (AvgIpc) is 2.27. The van der Waals surface area contributed by atoms with Crippen molar-refractivity contribution in [3.05, 3.63) is 35.4 Å². The Balaban J connectivity index is 3.12. The van der Waals surface area contributed by atoms with Gasteiger partial charge in [0.25, 0.3) is 5.91 Å². The fourth-order valence-electron chi connectivity index (χ4n) is 1.34. The minimum atomic E-state index is -4.60. The lowest BCUT2D eigenvalue weighted by molar-refractivity contribution is -0.137. The van der Waals surface area contributed by atoms with Gasteiger partial charge in [0.2, 0.25) is 0 Å². The van der Waals surface area contributed by atoms with Crippen molar-refractivity contribution >= 4 is 23.1 Å². The van der Waals surface area contributed by atoms with Crippen LogP contribution in [0, 0.1) is 0 Å². The SMILES string of the molecule is CC(C)(NC(=O)c1ccccc1C(F)(F)F)C(N)=S. The number of carbonyl (C=O) groups excluding carboxylic acids is 1. The fourth-order valence-corrected chi connectivity index (χ4v) is 1.39. The number of thiocarbonyl (C=S) groups is 1. The molecule has 0 aromatic heterocycles. The lowest BCUT2D eigenvalue weighted by atomic mass is 10.0.